The van der Waals surface area contributed by atoms with Crippen LogP contribution in [-0.4, -0.2) is 258 Å². The van der Waals surface area contributed by atoms with Crippen LogP contribution in [0.3, 0.4) is 0 Å². The fourth-order valence-electron chi connectivity index (χ4n) is 18.0. The molecule has 11 aromatic heterocycles. The Labute approximate surface area is 800 Å². The van der Waals surface area contributed by atoms with E-state index in [1.807, 2.05) is 81.4 Å². The number of phosphoric ester groups is 5. The zero-order chi connectivity index (χ0) is 101. The number of hydrogen-bond acceptors (Lipinski definition) is 45. The maximum atomic E-state index is 14.8. The van der Waals surface area contributed by atoms with Gasteiger partial charge in [-0.1, -0.05) is 81.4 Å². The number of phosphoric acid groups is 5. The summed E-state index contributed by atoms with van der Waals surface area (Å²) in [7, 11) is -31.2. The molecule has 764 valence electrons. The Morgan fingerprint density at radius 3 is 0.993 bits per heavy atom. The smallest absolute Gasteiger partial charge is 0.405 e. The summed E-state index contributed by atoms with van der Waals surface area (Å²) in [6, 6.07) is 18.9. The van der Waals surface area contributed by atoms with Crippen LogP contribution in [0, 0.1) is 6.92 Å². The van der Waals surface area contributed by atoms with Crippen LogP contribution in [0.25, 0.3) is 55.8 Å². The van der Waals surface area contributed by atoms with Crippen molar-refractivity contribution in [1.29, 1.82) is 0 Å². The molecule has 6 unspecified atom stereocenters. The van der Waals surface area contributed by atoms with Gasteiger partial charge in [-0.05, 0) is 22.3 Å². The van der Waals surface area contributed by atoms with Gasteiger partial charge in [0.2, 0.25) is 23.8 Å². The minimum absolute atomic E-state index is 0.00228. The largest absolute Gasteiger partial charge is 0.472 e. The van der Waals surface area contributed by atoms with Crippen molar-refractivity contribution in [2.75, 3.05) is 68.3 Å². The number of nitrogens with zero attached hydrogens (tertiary/aromatic N) is 17. The normalized spacial score (nSPS) is 27.1. The summed E-state index contributed by atoms with van der Waals surface area (Å²) in [5.41, 5.74) is 24.0. The van der Waals surface area contributed by atoms with Crippen molar-refractivity contribution in [2.24, 2.45) is 0 Å². The van der Waals surface area contributed by atoms with Crippen molar-refractivity contribution in [3.8, 4) is 0 Å². The highest BCUT2D eigenvalue weighted by molar-refractivity contribution is 7.48. The monoisotopic (exact) mass is 2110 g/mol. The second-order valence-corrected chi connectivity index (χ2v) is 46.3. The summed E-state index contributed by atoms with van der Waals surface area (Å²) in [6.07, 6.45) is -21.5. The third-order valence-electron chi connectivity index (χ3n) is 24.5. The summed E-state index contributed by atoms with van der Waals surface area (Å²) in [4.78, 5) is 194. The van der Waals surface area contributed by atoms with E-state index in [0.717, 1.165) is 44.8 Å². The zero-order valence-corrected chi connectivity index (χ0v) is 80.5. The first-order valence-corrected chi connectivity index (χ1v) is 53.1. The molecule has 61 nitrogen and oxygen atoms in total. The molecule has 2 aromatic carbocycles. The van der Waals surface area contributed by atoms with Crippen LogP contribution in [0.5, 0.6) is 0 Å². The first kappa shape index (κ1) is 100. The highest BCUT2D eigenvalue weighted by Crippen LogP contribution is 2.57. The number of nitrogens with one attached hydrogen (secondary N) is 5. The SMILES string of the molecule is Cc1cn([C@H]2C[C@H](OP(=O)(O)OC[C@H]3O[C@@H](n4cnc5c(=O)[nH]c(N)nc54)C[C@@H]3OP(=O)(O)OC[C@H]3O[C@@H](n4cnc5c(=O)[nH]c(N)nc54)C[C@@H]3OP(=O)(O)OC[C@H]3O[C@@H](n4cnc5c(=O)[nH]c(N)nc54)C[C@@H]3OP(=O)(O)OC[C@H]3OC(n4cnc5c(N)ncnc54)C[C@@H]3OP(=O)(O)OC[C@H]3O[C@@H](n4cnc5c(=O)[nH]c(N)nc54)C[C@@H]3O)[C@@H](CO[Si](c3ccccc3)(c3ccccc3)C(C)(C)C)O2)c(=O)[nH]c1=O. The molecule has 6 saturated heterocycles. The number of fused-ring (bicyclic) bond motifs is 5. The zero-order valence-electron chi connectivity index (χ0n) is 75.0. The number of nitrogen functional groups attached to an aromatic ring is 5. The number of aliphatic hydroxyl groups excluding tert-OH is 1. The first-order valence-electron chi connectivity index (χ1n) is 43.7. The molecule has 0 amide bonds. The van der Waals surface area contributed by atoms with E-state index in [-0.39, 0.29) is 105 Å². The van der Waals surface area contributed by atoms with Gasteiger partial charge >= 0.3 is 44.8 Å². The molecule has 6 aliphatic rings. The number of aromatic amines is 5. The number of aryl methyl sites for hydroxylation is 1. The molecule has 0 bridgehead atoms. The molecule has 6 aliphatic heterocycles. The van der Waals surface area contributed by atoms with E-state index in [1.165, 1.54) is 44.0 Å². The number of anilines is 5. The third-order valence-corrected chi connectivity index (χ3v) is 34.6. The van der Waals surface area contributed by atoms with Gasteiger partial charge in [0.15, 0.2) is 56.1 Å². The Bertz CT molecular complexity index is 7620. The van der Waals surface area contributed by atoms with Gasteiger partial charge in [-0.25, -0.2) is 62.5 Å². The van der Waals surface area contributed by atoms with E-state index in [4.69, 9.17) is 107 Å². The average molecular weight is 2110 g/mol. The van der Waals surface area contributed by atoms with E-state index in [0.29, 0.717) is 0 Å². The molecule has 23 atom stereocenters. The van der Waals surface area contributed by atoms with Crippen molar-refractivity contribution >= 4 is 143 Å². The Kier molecular flexibility index (Phi) is 27.4. The molecule has 0 saturated carbocycles. The molecule has 0 spiro atoms. The minimum atomic E-state index is -5.71. The van der Waals surface area contributed by atoms with Crippen LogP contribution in [0.1, 0.15) is 102 Å². The molecule has 17 heterocycles. The predicted octanol–water partition coefficient (Wildman–Crippen LogP) is 0.302. The number of rotatable bonds is 36. The van der Waals surface area contributed by atoms with Crippen molar-refractivity contribution < 1.29 is 130 Å². The summed E-state index contributed by atoms with van der Waals surface area (Å²) in [5.74, 6) is -1.46. The molecular formula is C76H92N27O34P5Si. The van der Waals surface area contributed by atoms with Crippen LogP contribution < -0.4 is 72.5 Å². The second-order valence-electron chi connectivity index (χ2n) is 34.9. The molecule has 0 aliphatic carbocycles. The molecule has 6 fully saturated rings. The van der Waals surface area contributed by atoms with E-state index in [2.05, 4.69) is 79.7 Å². The van der Waals surface area contributed by atoms with Gasteiger partial charge in [0.05, 0.1) is 77.4 Å². The lowest BCUT2D eigenvalue weighted by Crippen LogP contribution is -2.67. The molecule has 143 heavy (non-hydrogen) atoms. The molecule has 13 aromatic rings. The molecule has 0 radical (unpaired) electrons. The maximum absolute atomic E-state index is 14.8. The maximum Gasteiger partial charge on any atom is 0.472 e. The minimum Gasteiger partial charge on any atom is -0.405 e. The van der Waals surface area contributed by atoms with Crippen LogP contribution in [0.4, 0.5) is 29.6 Å². The van der Waals surface area contributed by atoms with Gasteiger partial charge in [-0.2, -0.15) is 19.9 Å². The Morgan fingerprint density at radius 1 is 0.378 bits per heavy atom. The third kappa shape index (κ3) is 20.9. The molecule has 21 N–H and O–H groups in total. The highest BCUT2D eigenvalue weighted by atomic mass is 31.2. The van der Waals surface area contributed by atoms with Crippen molar-refractivity contribution in [1.82, 2.24) is 107 Å². The van der Waals surface area contributed by atoms with E-state index < -0.39 is 261 Å². The Morgan fingerprint density at radius 2 is 0.664 bits per heavy atom. The molecular weight excluding hydrogens is 2020 g/mol. The number of imidazole rings is 5. The van der Waals surface area contributed by atoms with E-state index >= 15 is 0 Å². The Balaban J connectivity index is 0.559. The number of aliphatic hydroxyl groups is 1. The average Bonchev–Trinajstić information content (AvgIpc) is 1.65. The van der Waals surface area contributed by atoms with E-state index in [1.54, 1.807) is 0 Å². The lowest BCUT2D eigenvalue weighted by molar-refractivity contribution is -0.0638. The quantitative estimate of drug-likeness (QED) is 0.0185. The van der Waals surface area contributed by atoms with Crippen LogP contribution >= 0.6 is 39.1 Å². The summed E-state index contributed by atoms with van der Waals surface area (Å²) in [5, 5.41) is 12.2. The van der Waals surface area contributed by atoms with Crippen molar-refractivity contribution in [3.63, 3.8) is 0 Å². The van der Waals surface area contributed by atoms with Gasteiger partial charge in [-0.15, -0.1) is 0 Å². The fraction of sp³-hybridized carbons (Fsp3) is 0.461. The second kappa shape index (κ2) is 39.1. The van der Waals surface area contributed by atoms with Gasteiger partial charge in [0.1, 0.15) is 116 Å². The van der Waals surface area contributed by atoms with Crippen molar-refractivity contribution in [2.45, 2.75) is 182 Å². The first-order chi connectivity index (χ1) is 67.9. The Hall–Kier alpha value is -11.5. The standard InChI is InChI=1S/C76H92N27O34P5Si/c1-34-21-98(75(110)97-66(34)105)50-16-42(48(132-50)27-126-143(76(2,3)4,35-11-7-5-8-12-35)36-13-9-6-10-14-36)137-142(119,120)125-26-47-41(20-54(131-47)103-33-88-59-65(103)92-74(81)96-70(59)109)136-141(117,118)124-25-46-40(19-53(130-46)102-32-87-58-64(102)91-73(80)95-69(58)108)135-140(115,116)123-24-45-39(18-52(129-45)101-31-86-57-63(101)90-72(79)94-68(57)107)134-139(113,114)122-23-44-38(17-51(128-44)99-29-84-55-60(77)82-28-83-61(55)99)133-138(111,112)121-22-43-37(104)15-49(127-43)100-30-85-56-62(100)89-71(78)93-67(56)106/h5-14,21,28-33,37-54,104H,15-20,22-27H2,1-4H3,(H,111,112)(H,113,114)(H,115,116)(H,117,118)(H,119,120)(H2,77,82,83)(H,97,105,110)(H3,78,89,93,106)(H3,79,90,94,107)(H3,80,91,95,108)(H3,81,92,96,109)/t37-,38-,39-,40-,41-,42-,43+,44+,45+,46+,47+,48+,49+,50+,51?,52+,53+,54+/m0/s1. The van der Waals surface area contributed by atoms with Crippen LogP contribution in [0.15, 0.2) is 134 Å². The van der Waals surface area contributed by atoms with Crippen LogP contribution in [-0.2, 0) is 101 Å². The number of benzene rings is 2. The van der Waals surface area contributed by atoms with Crippen molar-refractivity contribution in [3.05, 3.63) is 173 Å². The van der Waals surface area contributed by atoms with Crippen LogP contribution in [0.2, 0.25) is 5.04 Å². The van der Waals surface area contributed by atoms with Gasteiger partial charge in [0.25, 0.3) is 36.1 Å². The lowest BCUT2D eigenvalue weighted by Gasteiger charge is -2.43. The van der Waals surface area contributed by atoms with E-state index in [9.17, 15) is 81.2 Å². The number of H-pyrrole nitrogens is 5. The lowest BCUT2D eigenvalue weighted by atomic mass is 10.2. The molecule has 67 heteroatoms. The summed E-state index contributed by atoms with van der Waals surface area (Å²) >= 11 is 0. The topological polar surface area (TPSA) is 846 Å². The number of ether oxygens (including phenoxy) is 6. The predicted molar refractivity (Wildman–Crippen MR) is 490 cm³/mol. The van der Waals surface area contributed by atoms with Gasteiger partial charge < -0.3 is 91.1 Å². The highest BCUT2D eigenvalue weighted by Gasteiger charge is 2.55. The summed E-state index contributed by atoms with van der Waals surface area (Å²) < 4.78 is 183. The van der Waals surface area contributed by atoms with Gasteiger partial charge in [0, 0.05) is 50.3 Å². The van der Waals surface area contributed by atoms with Gasteiger partial charge in [-0.3, -0.25) is 122 Å². The number of nitrogens with two attached hydrogens (primary N) is 5. The number of hydrogen-bond donors (Lipinski definition) is 16. The molecule has 19 rings (SSSR count). The number of aromatic nitrogens is 22. The fourth-order valence-corrected chi connectivity index (χ4v) is 27.4. The summed E-state index contributed by atoms with van der Waals surface area (Å²) in [6.45, 7) is 2.05.